The first-order valence-corrected chi connectivity index (χ1v) is 15.7. The summed E-state index contributed by atoms with van der Waals surface area (Å²) in [6.45, 7) is 4.08. The van der Waals surface area contributed by atoms with E-state index < -0.39 is 0 Å². The molecule has 0 aromatic heterocycles. The van der Waals surface area contributed by atoms with Crippen molar-refractivity contribution in [2.75, 3.05) is 0 Å². The highest BCUT2D eigenvalue weighted by Crippen LogP contribution is 2.67. The molecule has 0 aliphatic heterocycles. The number of rotatable bonds is 8. The highest BCUT2D eigenvalue weighted by Gasteiger charge is 2.57. The highest BCUT2D eigenvalue weighted by atomic mass is 16.5. The van der Waals surface area contributed by atoms with Crippen LogP contribution in [0.5, 0.6) is 23.0 Å². The largest absolute Gasteiger partial charge is 0.457 e. The molecule has 4 aromatic rings. The normalized spacial score (nSPS) is 26.2. The number of hydrogen-bond acceptors (Lipinski definition) is 2. The second-order valence-corrected chi connectivity index (χ2v) is 12.3. The minimum absolute atomic E-state index is 0.655. The predicted octanol–water partition coefficient (Wildman–Crippen LogP) is 11.3. The van der Waals surface area contributed by atoms with Crippen LogP contribution in [0.2, 0.25) is 0 Å². The van der Waals surface area contributed by atoms with E-state index in [1.165, 1.54) is 36.8 Å². The molecule has 3 saturated carbocycles. The molecule has 7 rings (SSSR count). The summed E-state index contributed by atoms with van der Waals surface area (Å²) in [5.41, 5.74) is 5.19. The summed E-state index contributed by atoms with van der Waals surface area (Å²) < 4.78 is 12.6. The molecular formula is C40H40O2. The Labute approximate surface area is 250 Å². The maximum Gasteiger partial charge on any atom is 0.134 e. The Balaban J connectivity index is 1.05. The van der Waals surface area contributed by atoms with Gasteiger partial charge in [0.15, 0.2) is 0 Å². The highest BCUT2D eigenvalue weighted by molar-refractivity contribution is 5.58. The van der Waals surface area contributed by atoms with Gasteiger partial charge in [0.1, 0.15) is 23.0 Å². The molecule has 0 N–H and O–H groups in total. The third kappa shape index (κ3) is 5.09. The molecule has 2 nitrogen and oxygen atoms in total. The van der Waals surface area contributed by atoms with Crippen molar-refractivity contribution in [2.24, 2.45) is 23.7 Å². The van der Waals surface area contributed by atoms with Crippen molar-refractivity contribution in [1.82, 2.24) is 0 Å². The van der Waals surface area contributed by atoms with E-state index in [-0.39, 0.29) is 0 Å². The lowest BCUT2D eigenvalue weighted by Gasteiger charge is -2.35. The van der Waals surface area contributed by atoms with Gasteiger partial charge in [-0.2, -0.15) is 0 Å². The van der Waals surface area contributed by atoms with Gasteiger partial charge in [-0.3, -0.25) is 0 Å². The van der Waals surface area contributed by atoms with Crippen LogP contribution in [-0.2, 0) is 0 Å². The number of fused-ring (bicyclic) bond motifs is 5. The average Bonchev–Trinajstić information content (AvgIpc) is 3.74. The third-order valence-electron chi connectivity index (χ3n) is 10.1. The minimum Gasteiger partial charge on any atom is -0.457 e. The van der Waals surface area contributed by atoms with Gasteiger partial charge in [-0.05, 0) is 123 Å². The van der Waals surface area contributed by atoms with Crippen molar-refractivity contribution in [3.05, 3.63) is 131 Å². The van der Waals surface area contributed by atoms with Gasteiger partial charge in [-0.25, -0.2) is 0 Å². The molecule has 0 amide bonds. The first kappa shape index (κ1) is 26.8. The molecule has 0 radical (unpaired) electrons. The van der Waals surface area contributed by atoms with Gasteiger partial charge in [0.05, 0.1) is 0 Å². The lowest BCUT2D eigenvalue weighted by atomic mass is 9.69. The first-order chi connectivity index (χ1) is 20.7. The van der Waals surface area contributed by atoms with Crippen LogP contribution in [-0.4, -0.2) is 0 Å². The van der Waals surface area contributed by atoms with Crippen LogP contribution in [0.3, 0.4) is 0 Å². The molecule has 6 unspecified atom stereocenters. The maximum absolute atomic E-state index is 6.29. The molecule has 3 fully saturated rings. The Morgan fingerprint density at radius 3 is 1.62 bits per heavy atom. The van der Waals surface area contributed by atoms with Crippen LogP contribution in [0.1, 0.15) is 73.6 Å². The van der Waals surface area contributed by atoms with Crippen molar-refractivity contribution < 1.29 is 9.47 Å². The predicted molar refractivity (Wildman–Crippen MR) is 173 cm³/mol. The molecule has 6 atom stereocenters. The fourth-order valence-electron chi connectivity index (χ4n) is 8.48. The van der Waals surface area contributed by atoms with Crippen molar-refractivity contribution >= 4 is 12.2 Å². The van der Waals surface area contributed by atoms with E-state index in [0.717, 1.165) is 57.8 Å². The lowest BCUT2D eigenvalue weighted by Crippen LogP contribution is -2.26. The van der Waals surface area contributed by atoms with E-state index in [1.54, 1.807) is 0 Å². The second-order valence-electron chi connectivity index (χ2n) is 12.3. The van der Waals surface area contributed by atoms with E-state index in [1.807, 2.05) is 38.1 Å². The summed E-state index contributed by atoms with van der Waals surface area (Å²) in [6.07, 6.45) is 13.7. The number of ether oxygens (including phenoxy) is 2. The topological polar surface area (TPSA) is 18.5 Å². The van der Waals surface area contributed by atoms with E-state index in [4.69, 9.17) is 9.47 Å². The Hall–Kier alpha value is -4.04. The summed E-state index contributed by atoms with van der Waals surface area (Å²) in [5.74, 6) is 8.28. The smallest absolute Gasteiger partial charge is 0.134 e. The fourth-order valence-corrected chi connectivity index (χ4v) is 8.48. The summed E-state index contributed by atoms with van der Waals surface area (Å²) in [4.78, 5) is 0. The Morgan fingerprint density at radius 1 is 0.548 bits per heavy atom. The van der Waals surface area contributed by atoms with Crippen LogP contribution in [0, 0.1) is 23.7 Å². The van der Waals surface area contributed by atoms with Gasteiger partial charge >= 0.3 is 0 Å². The van der Waals surface area contributed by atoms with Crippen molar-refractivity contribution in [2.45, 2.75) is 51.4 Å². The molecule has 4 aromatic carbocycles. The van der Waals surface area contributed by atoms with E-state index in [0.29, 0.717) is 11.8 Å². The molecule has 2 bridgehead atoms. The zero-order chi connectivity index (χ0) is 28.5. The van der Waals surface area contributed by atoms with E-state index in [9.17, 15) is 0 Å². The molecule has 3 aliphatic rings. The van der Waals surface area contributed by atoms with Gasteiger partial charge in [-0.1, -0.05) is 85.0 Å². The number of allylic oxidation sites excluding steroid dienone is 2. The standard InChI is InChI=1S/C40H40O2/c1-3-9-29-11-5-7-13-38(29)41-32-19-15-27(16-20-32)34-23-24-35-31-25-36(37(26-31)40(34)35)28-17-21-33(22-18-28)42-39-14-8-6-12-30(39)10-4-2/h3-22,31,34-37,40H,23-26H2,1-2H3. The summed E-state index contributed by atoms with van der Waals surface area (Å²) in [6, 6.07) is 34.5. The monoisotopic (exact) mass is 552 g/mol. The SMILES string of the molecule is CC=Cc1ccccc1Oc1ccc(C2CC3CC2C2C(c4ccc(Oc5ccccc5C=CC)cc4)CCC32)cc1. The Kier molecular flexibility index (Phi) is 7.46. The Bertz CT molecular complexity index is 1580. The molecule has 3 aliphatic carbocycles. The molecule has 0 heterocycles. The van der Waals surface area contributed by atoms with Crippen LogP contribution in [0.15, 0.2) is 109 Å². The van der Waals surface area contributed by atoms with Gasteiger partial charge in [0.2, 0.25) is 0 Å². The van der Waals surface area contributed by atoms with Gasteiger partial charge in [-0.15, -0.1) is 0 Å². The Morgan fingerprint density at radius 2 is 1.07 bits per heavy atom. The molecule has 42 heavy (non-hydrogen) atoms. The first-order valence-electron chi connectivity index (χ1n) is 15.7. The molecule has 2 heteroatoms. The second kappa shape index (κ2) is 11.7. The average molecular weight is 553 g/mol. The van der Waals surface area contributed by atoms with E-state index >= 15 is 0 Å². The maximum atomic E-state index is 6.29. The van der Waals surface area contributed by atoms with Crippen molar-refractivity contribution in [1.29, 1.82) is 0 Å². The van der Waals surface area contributed by atoms with Crippen LogP contribution >= 0.6 is 0 Å². The van der Waals surface area contributed by atoms with Gasteiger partial charge in [0, 0.05) is 11.1 Å². The lowest BCUT2D eigenvalue weighted by molar-refractivity contribution is 0.217. The fraction of sp³-hybridized carbons (Fsp3) is 0.300. The third-order valence-corrected chi connectivity index (χ3v) is 10.1. The molecule has 212 valence electrons. The van der Waals surface area contributed by atoms with Gasteiger partial charge < -0.3 is 9.47 Å². The summed E-state index contributed by atoms with van der Waals surface area (Å²) in [5, 5.41) is 0. The summed E-state index contributed by atoms with van der Waals surface area (Å²) >= 11 is 0. The minimum atomic E-state index is 0.655. The van der Waals surface area contributed by atoms with Crippen LogP contribution in [0.25, 0.3) is 12.2 Å². The molecule has 0 spiro atoms. The molecular weight excluding hydrogens is 512 g/mol. The number of hydrogen-bond donors (Lipinski definition) is 0. The van der Waals surface area contributed by atoms with Crippen LogP contribution < -0.4 is 9.47 Å². The number of para-hydroxylation sites is 2. The summed E-state index contributed by atoms with van der Waals surface area (Å²) in [7, 11) is 0. The van der Waals surface area contributed by atoms with Gasteiger partial charge in [0.25, 0.3) is 0 Å². The van der Waals surface area contributed by atoms with Crippen LogP contribution in [0.4, 0.5) is 0 Å². The number of benzene rings is 4. The van der Waals surface area contributed by atoms with Crippen molar-refractivity contribution in [3.63, 3.8) is 0 Å². The quantitative estimate of drug-likeness (QED) is 0.216. The molecule has 0 saturated heterocycles. The zero-order valence-electron chi connectivity index (χ0n) is 24.7. The zero-order valence-corrected chi connectivity index (χ0v) is 24.7. The van der Waals surface area contributed by atoms with Crippen molar-refractivity contribution in [3.8, 4) is 23.0 Å². The van der Waals surface area contributed by atoms with E-state index in [2.05, 4.69) is 97.1 Å².